The Morgan fingerprint density at radius 1 is 0.840 bits per heavy atom. The van der Waals surface area contributed by atoms with Crippen LogP contribution in [0.2, 0.25) is 58.9 Å². The monoisotopic (exact) mass is 395 g/mol. The molecule has 7 heteroatoms. The van der Waals surface area contributed by atoms with Crippen molar-refractivity contribution in [3.05, 3.63) is 35.2 Å². The highest BCUT2D eigenvalue weighted by Gasteiger charge is 2.31. The smallest absolute Gasteiger partial charge is 0.242 e. The molecule has 0 aromatic heterocycles. The van der Waals surface area contributed by atoms with Gasteiger partial charge in [-0.1, -0.05) is 31.8 Å². The van der Waals surface area contributed by atoms with Gasteiger partial charge in [-0.25, -0.2) is 0 Å². The maximum absolute atomic E-state index is 12.0. The zero-order chi connectivity index (χ0) is 19.6. The summed E-state index contributed by atoms with van der Waals surface area (Å²) < 4.78 is 12.2. The van der Waals surface area contributed by atoms with E-state index in [2.05, 4.69) is 58.9 Å². The molecule has 0 saturated carbocycles. The number of carbonyl (C=O) groups is 1. The quantitative estimate of drug-likeness (QED) is 0.396. The maximum atomic E-state index is 12.0. The SMILES string of the molecule is C[Si](C)(C)O/C(=C(\C(=O)[O-])c1ccc(O[Si](C)(C)C)cc1)[Si](C)(C)C. The molecule has 1 aromatic rings. The summed E-state index contributed by atoms with van der Waals surface area (Å²) in [6.45, 7) is 18.8. The number of hydrogen-bond donors (Lipinski definition) is 0. The first-order valence-electron chi connectivity index (χ1n) is 8.55. The molecule has 0 aliphatic heterocycles. The Hall–Kier alpha value is -1.32. The van der Waals surface area contributed by atoms with Crippen molar-refractivity contribution in [3.63, 3.8) is 0 Å². The summed E-state index contributed by atoms with van der Waals surface area (Å²) in [6.07, 6.45) is 0. The molecule has 0 saturated heterocycles. The fraction of sp³-hybridized carbons (Fsp3) is 0.500. The summed E-state index contributed by atoms with van der Waals surface area (Å²) in [6, 6.07) is 7.22. The number of carboxylic acids is 1. The van der Waals surface area contributed by atoms with Gasteiger partial charge in [0, 0.05) is 5.57 Å². The van der Waals surface area contributed by atoms with Crippen molar-refractivity contribution in [1.82, 2.24) is 0 Å². The Kier molecular flexibility index (Phi) is 6.52. The van der Waals surface area contributed by atoms with E-state index in [0.717, 1.165) is 5.75 Å². The highest BCUT2D eigenvalue weighted by atomic mass is 28.4. The van der Waals surface area contributed by atoms with E-state index in [9.17, 15) is 9.90 Å². The zero-order valence-electron chi connectivity index (χ0n) is 16.9. The lowest BCUT2D eigenvalue weighted by molar-refractivity contribution is -0.295. The van der Waals surface area contributed by atoms with Gasteiger partial charge in [0.05, 0.1) is 11.4 Å². The average Bonchev–Trinajstić information content (AvgIpc) is 2.35. The standard InChI is InChI=1S/C18H32O4Si3/c1-23(2,3)18(22-25(7,8)9)16(17(19)20)14-10-12-15(13-11-14)21-24(4,5)6/h10-13H,1-9H3,(H,19,20)/p-1/b18-16+. The fourth-order valence-corrected chi connectivity index (χ4v) is 6.97. The van der Waals surface area contributed by atoms with Crippen molar-refractivity contribution in [3.8, 4) is 5.75 Å². The summed E-state index contributed by atoms with van der Waals surface area (Å²) in [5, 5.41) is 12.6. The minimum Gasteiger partial charge on any atom is -0.551 e. The van der Waals surface area contributed by atoms with Gasteiger partial charge in [-0.2, -0.15) is 0 Å². The largest absolute Gasteiger partial charge is 0.551 e. The van der Waals surface area contributed by atoms with Gasteiger partial charge in [0.1, 0.15) is 13.8 Å². The van der Waals surface area contributed by atoms with Crippen LogP contribution in [0.5, 0.6) is 5.75 Å². The molecule has 0 radical (unpaired) electrons. The van der Waals surface area contributed by atoms with E-state index < -0.39 is 30.7 Å². The molecule has 1 rings (SSSR count). The van der Waals surface area contributed by atoms with Crippen LogP contribution in [0.25, 0.3) is 5.57 Å². The third kappa shape index (κ3) is 7.21. The van der Waals surface area contributed by atoms with Gasteiger partial charge < -0.3 is 18.8 Å². The van der Waals surface area contributed by atoms with Crippen molar-refractivity contribution in [2.45, 2.75) is 58.9 Å². The summed E-state index contributed by atoms with van der Waals surface area (Å²) in [5.74, 6) is -0.421. The number of aliphatic carboxylic acids is 1. The van der Waals surface area contributed by atoms with Gasteiger partial charge in [0.2, 0.25) is 16.6 Å². The topological polar surface area (TPSA) is 58.6 Å². The third-order valence-electron chi connectivity index (χ3n) is 3.09. The van der Waals surface area contributed by atoms with Crippen LogP contribution in [0.1, 0.15) is 5.56 Å². The molecular weight excluding hydrogens is 364 g/mol. The van der Waals surface area contributed by atoms with Crippen LogP contribution >= 0.6 is 0 Å². The summed E-state index contributed by atoms with van der Waals surface area (Å²) in [7, 11) is -5.66. The number of rotatable bonds is 7. The van der Waals surface area contributed by atoms with Crippen LogP contribution in [0.4, 0.5) is 0 Å². The second kappa shape index (κ2) is 7.51. The summed E-state index contributed by atoms with van der Waals surface area (Å²) in [4.78, 5) is 12.0. The number of benzene rings is 1. The van der Waals surface area contributed by atoms with E-state index in [4.69, 9.17) is 8.85 Å². The second-order valence-electron chi connectivity index (χ2n) is 9.19. The molecular formula is C18H31O4Si3-. The molecule has 0 atom stereocenters. The van der Waals surface area contributed by atoms with Crippen LogP contribution in [0, 0.1) is 0 Å². The third-order valence-corrected chi connectivity index (χ3v) is 6.67. The average molecular weight is 396 g/mol. The number of hydrogen-bond acceptors (Lipinski definition) is 4. The molecule has 0 N–H and O–H groups in total. The van der Waals surface area contributed by atoms with Crippen LogP contribution < -0.4 is 9.53 Å². The van der Waals surface area contributed by atoms with E-state index in [1.807, 2.05) is 12.1 Å². The van der Waals surface area contributed by atoms with E-state index >= 15 is 0 Å². The van der Waals surface area contributed by atoms with E-state index in [1.54, 1.807) is 12.1 Å². The van der Waals surface area contributed by atoms with Gasteiger partial charge >= 0.3 is 0 Å². The molecule has 4 nitrogen and oxygen atoms in total. The molecule has 0 fully saturated rings. The first kappa shape index (κ1) is 21.7. The van der Waals surface area contributed by atoms with Crippen LogP contribution in [0.15, 0.2) is 29.6 Å². The van der Waals surface area contributed by atoms with Crippen LogP contribution in [-0.4, -0.2) is 30.7 Å². The molecule has 0 spiro atoms. The minimum absolute atomic E-state index is 0.182. The van der Waals surface area contributed by atoms with Crippen LogP contribution in [-0.2, 0) is 9.22 Å². The molecule has 140 valence electrons. The zero-order valence-corrected chi connectivity index (χ0v) is 19.9. The molecule has 0 amide bonds. The highest BCUT2D eigenvalue weighted by molar-refractivity contribution is 6.85. The minimum atomic E-state index is -2.01. The normalized spacial score (nSPS) is 14.0. The van der Waals surface area contributed by atoms with Gasteiger partial charge in [0.25, 0.3) is 0 Å². The maximum Gasteiger partial charge on any atom is 0.242 e. The second-order valence-corrected chi connectivity index (χ2v) is 23.0. The summed E-state index contributed by atoms with van der Waals surface area (Å²) in [5.41, 5.74) is 0.791. The first-order valence-corrected chi connectivity index (χ1v) is 18.9. The van der Waals surface area contributed by atoms with Crippen LogP contribution in [0.3, 0.4) is 0 Å². The highest BCUT2D eigenvalue weighted by Crippen LogP contribution is 2.30. The molecule has 25 heavy (non-hydrogen) atoms. The Morgan fingerprint density at radius 2 is 1.32 bits per heavy atom. The Labute approximate surface area is 155 Å². The lowest BCUT2D eigenvalue weighted by Crippen LogP contribution is -2.38. The molecule has 0 aliphatic rings. The molecule has 0 unspecified atom stereocenters. The van der Waals surface area contributed by atoms with Crippen molar-refractivity contribution in [1.29, 1.82) is 0 Å². The van der Waals surface area contributed by atoms with Gasteiger partial charge in [-0.05, 0) is 57.0 Å². The van der Waals surface area contributed by atoms with E-state index in [1.165, 1.54) is 0 Å². The molecule has 0 bridgehead atoms. The molecule has 0 aliphatic carbocycles. The fourth-order valence-electron chi connectivity index (χ4n) is 2.27. The number of carboxylic acid groups (broad SMARTS) is 1. The summed E-state index contributed by atoms with van der Waals surface area (Å²) >= 11 is 0. The molecule has 0 heterocycles. The Bertz CT molecular complexity index is 645. The van der Waals surface area contributed by atoms with Gasteiger partial charge in [-0.15, -0.1) is 0 Å². The van der Waals surface area contributed by atoms with Gasteiger partial charge in [-0.3, -0.25) is 0 Å². The lowest BCUT2D eigenvalue weighted by Gasteiger charge is -2.32. The Morgan fingerprint density at radius 3 is 1.64 bits per heavy atom. The van der Waals surface area contributed by atoms with E-state index in [0.29, 0.717) is 10.9 Å². The van der Waals surface area contributed by atoms with E-state index in [-0.39, 0.29) is 5.57 Å². The van der Waals surface area contributed by atoms with Crippen molar-refractivity contribution < 1.29 is 18.8 Å². The Balaban J connectivity index is 3.44. The predicted molar refractivity (Wildman–Crippen MR) is 110 cm³/mol. The first-order chi connectivity index (χ1) is 11.1. The lowest BCUT2D eigenvalue weighted by atomic mass is 10.1. The number of carbonyl (C=O) groups excluding carboxylic acids is 1. The van der Waals surface area contributed by atoms with Crippen molar-refractivity contribution >= 4 is 36.3 Å². The van der Waals surface area contributed by atoms with Crippen molar-refractivity contribution in [2.24, 2.45) is 0 Å². The molecule has 1 aromatic carbocycles. The van der Waals surface area contributed by atoms with Crippen molar-refractivity contribution in [2.75, 3.05) is 0 Å². The van der Waals surface area contributed by atoms with Gasteiger partial charge in [0.15, 0.2) is 0 Å². The predicted octanol–water partition coefficient (Wildman–Crippen LogP) is 4.09.